The van der Waals surface area contributed by atoms with Crippen LogP contribution in [0.4, 0.5) is 0 Å². The smallest absolute Gasteiger partial charge is 0.0684 e. The molecule has 0 saturated carbocycles. The molecule has 0 aliphatic carbocycles. The van der Waals surface area contributed by atoms with Gasteiger partial charge < -0.3 is 10.1 Å². The number of hydrogen-bond donors (Lipinski definition) is 1. The first-order valence-electron chi connectivity index (χ1n) is 6.34. The lowest BCUT2D eigenvalue weighted by molar-refractivity contribution is 0.0996. The van der Waals surface area contributed by atoms with Gasteiger partial charge in [0.05, 0.1) is 11.5 Å². The molecule has 1 saturated heterocycles. The van der Waals surface area contributed by atoms with Gasteiger partial charge >= 0.3 is 0 Å². The fourth-order valence-electron chi connectivity index (χ4n) is 1.91. The zero-order valence-corrected chi connectivity index (χ0v) is 10.6. The van der Waals surface area contributed by atoms with Gasteiger partial charge in [-0.05, 0) is 58.5 Å². The van der Waals surface area contributed by atoms with Crippen LogP contribution >= 0.6 is 0 Å². The summed E-state index contributed by atoms with van der Waals surface area (Å²) in [4.78, 5) is 0. The average molecular weight is 224 g/mol. The molecule has 1 atom stereocenters. The number of ether oxygens (including phenoxy) is 1. The lowest BCUT2D eigenvalue weighted by Crippen LogP contribution is -2.30. The van der Waals surface area contributed by atoms with Crippen molar-refractivity contribution in [2.24, 2.45) is 11.3 Å². The van der Waals surface area contributed by atoms with Crippen molar-refractivity contribution in [2.45, 2.75) is 39.5 Å². The second-order valence-electron chi connectivity index (χ2n) is 5.36. The Morgan fingerprint density at radius 1 is 1.44 bits per heavy atom. The molecule has 0 amide bonds. The second kappa shape index (κ2) is 6.88. The van der Waals surface area contributed by atoms with Crippen LogP contribution in [-0.2, 0) is 4.74 Å². The molecule has 1 N–H and O–H groups in total. The van der Waals surface area contributed by atoms with Crippen molar-refractivity contribution in [1.82, 2.24) is 5.32 Å². The van der Waals surface area contributed by atoms with Crippen LogP contribution in [0.25, 0.3) is 0 Å². The molecule has 0 bridgehead atoms. The largest absolute Gasteiger partial charge is 0.381 e. The molecule has 0 aromatic carbocycles. The Bertz CT molecular complexity index is 227. The maximum absolute atomic E-state index is 8.84. The van der Waals surface area contributed by atoms with Gasteiger partial charge in [-0.25, -0.2) is 0 Å². The Balaban J connectivity index is 1.97. The minimum absolute atomic E-state index is 0.244. The summed E-state index contributed by atoms with van der Waals surface area (Å²) in [6.45, 7) is 7.79. The molecule has 0 aromatic rings. The Labute approximate surface area is 99.2 Å². The molecule has 1 fully saturated rings. The summed E-state index contributed by atoms with van der Waals surface area (Å²) in [5, 5.41) is 12.3. The first-order valence-corrected chi connectivity index (χ1v) is 6.34. The Hall–Kier alpha value is -0.590. The summed E-state index contributed by atoms with van der Waals surface area (Å²) < 4.78 is 5.60. The van der Waals surface area contributed by atoms with Crippen molar-refractivity contribution in [3.05, 3.63) is 0 Å². The summed E-state index contributed by atoms with van der Waals surface area (Å²) >= 11 is 0. The lowest BCUT2D eigenvalue weighted by Gasteiger charge is -2.22. The summed E-state index contributed by atoms with van der Waals surface area (Å²) in [5.74, 6) is 0.790. The molecule has 92 valence electrons. The van der Waals surface area contributed by atoms with Gasteiger partial charge in [-0.15, -0.1) is 0 Å². The molecular formula is C13H24N2O. The van der Waals surface area contributed by atoms with Crippen LogP contribution in [0.15, 0.2) is 0 Å². The zero-order chi connectivity index (χ0) is 11.9. The summed E-state index contributed by atoms with van der Waals surface area (Å²) in [7, 11) is 0. The minimum atomic E-state index is -0.244. The van der Waals surface area contributed by atoms with Gasteiger partial charge in [-0.3, -0.25) is 0 Å². The van der Waals surface area contributed by atoms with E-state index in [9.17, 15) is 0 Å². The van der Waals surface area contributed by atoms with Gasteiger partial charge in [-0.1, -0.05) is 0 Å². The summed E-state index contributed by atoms with van der Waals surface area (Å²) in [5.41, 5.74) is -0.244. The van der Waals surface area contributed by atoms with E-state index in [1.54, 1.807) is 0 Å². The van der Waals surface area contributed by atoms with E-state index in [0.717, 1.165) is 31.9 Å². The molecule has 0 spiro atoms. The topological polar surface area (TPSA) is 45.0 Å². The monoisotopic (exact) mass is 224 g/mol. The Morgan fingerprint density at radius 3 is 2.88 bits per heavy atom. The first-order chi connectivity index (χ1) is 7.64. The van der Waals surface area contributed by atoms with E-state index in [1.165, 1.54) is 19.4 Å². The third kappa shape index (κ3) is 5.48. The van der Waals surface area contributed by atoms with Crippen molar-refractivity contribution >= 4 is 0 Å². The number of piperidine rings is 1. The summed E-state index contributed by atoms with van der Waals surface area (Å²) in [6, 6.07) is 2.29. The fourth-order valence-corrected chi connectivity index (χ4v) is 1.91. The third-order valence-corrected chi connectivity index (χ3v) is 3.24. The Morgan fingerprint density at radius 2 is 2.25 bits per heavy atom. The number of rotatable bonds is 6. The lowest BCUT2D eigenvalue weighted by atomic mass is 9.92. The van der Waals surface area contributed by atoms with E-state index < -0.39 is 0 Å². The maximum atomic E-state index is 8.84. The normalized spacial score (nSPS) is 21.7. The van der Waals surface area contributed by atoms with Crippen LogP contribution < -0.4 is 5.32 Å². The van der Waals surface area contributed by atoms with Crippen LogP contribution in [0, 0.1) is 22.7 Å². The minimum Gasteiger partial charge on any atom is -0.381 e. The fraction of sp³-hybridized carbons (Fsp3) is 0.923. The van der Waals surface area contributed by atoms with Gasteiger partial charge in [0.25, 0.3) is 0 Å². The molecule has 16 heavy (non-hydrogen) atoms. The number of nitrogens with zero attached hydrogens (tertiary/aromatic N) is 1. The quantitative estimate of drug-likeness (QED) is 0.704. The van der Waals surface area contributed by atoms with Gasteiger partial charge in [0, 0.05) is 13.2 Å². The number of nitriles is 1. The van der Waals surface area contributed by atoms with Crippen LogP contribution in [0.5, 0.6) is 0 Å². The molecule has 0 aromatic heterocycles. The van der Waals surface area contributed by atoms with E-state index in [4.69, 9.17) is 10.00 Å². The predicted molar refractivity (Wildman–Crippen MR) is 65.0 cm³/mol. The van der Waals surface area contributed by atoms with Gasteiger partial charge in [0.15, 0.2) is 0 Å². The van der Waals surface area contributed by atoms with Crippen LogP contribution in [0.2, 0.25) is 0 Å². The molecule has 3 heteroatoms. The Kier molecular flexibility index (Phi) is 5.79. The van der Waals surface area contributed by atoms with E-state index in [2.05, 4.69) is 11.4 Å². The van der Waals surface area contributed by atoms with E-state index in [-0.39, 0.29) is 5.41 Å². The van der Waals surface area contributed by atoms with Gasteiger partial charge in [0.2, 0.25) is 0 Å². The number of nitrogens with one attached hydrogen (secondary N) is 1. The van der Waals surface area contributed by atoms with Crippen molar-refractivity contribution in [3.63, 3.8) is 0 Å². The predicted octanol–water partition coefficient (Wildman–Crippen LogP) is 2.33. The standard InChI is InChI=1S/C13H24N2O/c1-13(2,11-14)6-9-16-8-5-12-4-3-7-15-10-12/h12,15H,3-10H2,1-2H3. The van der Waals surface area contributed by atoms with Crippen molar-refractivity contribution in [1.29, 1.82) is 5.26 Å². The van der Waals surface area contributed by atoms with E-state index in [1.807, 2.05) is 13.8 Å². The van der Waals surface area contributed by atoms with E-state index in [0.29, 0.717) is 6.61 Å². The van der Waals surface area contributed by atoms with Crippen LogP contribution in [-0.4, -0.2) is 26.3 Å². The highest BCUT2D eigenvalue weighted by molar-refractivity contribution is 4.91. The van der Waals surface area contributed by atoms with Crippen molar-refractivity contribution in [3.8, 4) is 6.07 Å². The molecule has 1 unspecified atom stereocenters. The van der Waals surface area contributed by atoms with E-state index >= 15 is 0 Å². The molecule has 1 rings (SSSR count). The highest BCUT2D eigenvalue weighted by atomic mass is 16.5. The van der Waals surface area contributed by atoms with Crippen LogP contribution in [0.1, 0.15) is 39.5 Å². The number of hydrogen-bond acceptors (Lipinski definition) is 3. The molecule has 3 nitrogen and oxygen atoms in total. The molecule has 1 heterocycles. The molecule has 1 aliphatic heterocycles. The molecule has 1 aliphatic rings. The highest BCUT2D eigenvalue weighted by Crippen LogP contribution is 2.18. The molecule has 0 radical (unpaired) electrons. The van der Waals surface area contributed by atoms with Crippen molar-refractivity contribution in [2.75, 3.05) is 26.3 Å². The van der Waals surface area contributed by atoms with Crippen LogP contribution in [0.3, 0.4) is 0 Å². The maximum Gasteiger partial charge on any atom is 0.0684 e. The van der Waals surface area contributed by atoms with Crippen molar-refractivity contribution < 1.29 is 4.74 Å². The van der Waals surface area contributed by atoms with Gasteiger partial charge in [0.1, 0.15) is 0 Å². The zero-order valence-electron chi connectivity index (χ0n) is 10.6. The summed E-state index contributed by atoms with van der Waals surface area (Å²) in [6.07, 6.45) is 4.61. The first kappa shape index (κ1) is 13.5. The third-order valence-electron chi connectivity index (χ3n) is 3.24. The van der Waals surface area contributed by atoms with Gasteiger partial charge in [-0.2, -0.15) is 5.26 Å². The average Bonchev–Trinajstić information content (AvgIpc) is 2.30. The second-order valence-corrected chi connectivity index (χ2v) is 5.36. The molecular weight excluding hydrogens is 200 g/mol. The SMILES string of the molecule is CC(C)(C#N)CCOCCC1CCCNC1. The highest BCUT2D eigenvalue weighted by Gasteiger charge is 2.16.